The minimum Gasteiger partial charge on any atom is -0.405 e. The molecule has 5 heteroatoms. The molecule has 4 nitrogen and oxygen atoms in total. The third kappa shape index (κ3) is 3.82. The molecule has 1 unspecified atom stereocenters. The molecule has 2 N–H and O–H groups in total. The Morgan fingerprint density at radius 1 is 1.23 bits per heavy atom. The summed E-state index contributed by atoms with van der Waals surface area (Å²) < 4.78 is 17.4. The maximum atomic E-state index is 6.46. The van der Waals surface area contributed by atoms with Crippen molar-refractivity contribution in [3.8, 4) is 0 Å². The quantitative estimate of drug-likeness (QED) is 0.697. The second kappa shape index (κ2) is 7.77. The van der Waals surface area contributed by atoms with Gasteiger partial charge in [-0.1, -0.05) is 28.1 Å². The molecule has 2 rings (SSSR count). The van der Waals surface area contributed by atoms with Gasteiger partial charge in [0.25, 0.3) is 0 Å². The van der Waals surface area contributed by atoms with Gasteiger partial charge in [-0.25, -0.2) is 0 Å². The summed E-state index contributed by atoms with van der Waals surface area (Å²) in [6, 6.07) is 0. The van der Waals surface area contributed by atoms with E-state index in [1.807, 2.05) is 11.1 Å². The zero-order valence-electron chi connectivity index (χ0n) is 13.4. The van der Waals surface area contributed by atoms with Gasteiger partial charge in [-0.15, -0.1) is 0 Å². The Labute approximate surface area is 141 Å². The Bertz CT molecular complexity index is 441. The van der Waals surface area contributed by atoms with Crippen LogP contribution in [-0.2, 0) is 14.2 Å². The van der Waals surface area contributed by atoms with Gasteiger partial charge < -0.3 is 19.9 Å². The van der Waals surface area contributed by atoms with E-state index in [2.05, 4.69) is 28.1 Å². The molecule has 0 aromatic rings. The molecule has 0 saturated carbocycles. The normalized spacial score (nSPS) is 35.8. The highest BCUT2D eigenvalue weighted by Gasteiger charge is 2.55. The van der Waals surface area contributed by atoms with Gasteiger partial charge in [-0.2, -0.15) is 0 Å². The molecule has 2 aliphatic rings. The van der Waals surface area contributed by atoms with Crippen molar-refractivity contribution in [2.45, 2.75) is 36.9 Å². The van der Waals surface area contributed by atoms with Gasteiger partial charge >= 0.3 is 0 Å². The summed E-state index contributed by atoms with van der Waals surface area (Å²) >= 11 is 3.39. The fourth-order valence-corrected chi connectivity index (χ4v) is 4.23. The zero-order chi connectivity index (χ0) is 16.1. The van der Waals surface area contributed by atoms with Gasteiger partial charge in [0, 0.05) is 14.2 Å². The number of nitrogens with two attached hydrogens (primary N) is 1. The minimum atomic E-state index is -0.193. The van der Waals surface area contributed by atoms with Crippen molar-refractivity contribution in [2.24, 2.45) is 11.7 Å². The highest BCUT2D eigenvalue weighted by Crippen LogP contribution is 2.52. The van der Waals surface area contributed by atoms with E-state index in [0.717, 1.165) is 25.7 Å². The first-order valence-corrected chi connectivity index (χ1v) is 8.57. The van der Waals surface area contributed by atoms with E-state index in [4.69, 9.17) is 19.9 Å². The van der Waals surface area contributed by atoms with Crippen LogP contribution in [0.3, 0.4) is 0 Å². The Morgan fingerprint density at radius 3 is 2.27 bits per heavy atom. The molecule has 2 saturated heterocycles. The van der Waals surface area contributed by atoms with Gasteiger partial charge in [0.1, 0.15) is 0 Å². The molecule has 0 spiro atoms. The zero-order valence-corrected chi connectivity index (χ0v) is 15.0. The monoisotopic (exact) mass is 371 g/mol. The van der Waals surface area contributed by atoms with E-state index in [1.165, 1.54) is 5.57 Å². The van der Waals surface area contributed by atoms with Crippen molar-refractivity contribution in [1.82, 2.24) is 0 Å². The van der Waals surface area contributed by atoms with Crippen molar-refractivity contribution < 1.29 is 14.2 Å². The molecular weight excluding hydrogens is 346 g/mol. The number of fused-ring (bicyclic) bond motifs is 2. The highest BCUT2D eigenvalue weighted by atomic mass is 79.9. The van der Waals surface area contributed by atoms with Crippen molar-refractivity contribution in [3.05, 3.63) is 35.0 Å². The molecule has 0 radical (unpaired) electrons. The molecule has 2 fully saturated rings. The fourth-order valence-electron chi connectivity index (χ4n) is 3.92. The smallest absolute Gasteiger partial charge is 0.0930 e. The van der Waals surface area contributed by atoms with E-state index >= 15 is 0 Å². The molecule has 0 amide bonds. The molecule has 0 aromatic carbocycles. The summed E-state index contributed by atoms with van der Waals surface area (Å²) in [5, 5.41) is 0. The molecule has 0 aromatic heterocycles. The van der Waals surface area contributed by atoms with Crippen LogP contribution < -0.4 is 5.73 Å². The lowest BCUT2D eigenvalue weighted by Gasteiger charge is -2.44. The summed E-state index contributed by atoms with van der Waals surface area (Å²) in [6.45, 7) is 1.26. The van der Waals surface area contributed by atoms with E-state index in [-0.39, 0.29) is 11.2 Å². The van der Waals surface area contributed by atoms with E-state index in [0.29, 0.717) is 19.1 Å². The molecule has 2 aliphatic heterocycles. The summed E-state index contributed by atoms with van der Waals surface area (Å²) in [6.07, 6.45) is 11.6. The average Bonchev–Trinajstić information content (AvgIpc) is 2.75. The largest absolute Gasteiger partial charge is 0.405 e. The molecular formula is C17H26BrNO3. The summed E-state index contributed by atoms with van der Waals surface area (Å²) in [5.41, 5.74) is 6.36. The highest BCUT2D eigenvalue weighted by molar-refractivity contribution is 9.11. The number of methoxy groups -OCH3 is 2. The Balaban J connectivity index is 2.28. The predicted molar refractivity (Wildman–Crippen MR) is 91.7 cm³/mol. The van der Waals surface area contributed by atoms with Crippen molar-refractivity contribution in [2.75, 3.05) is 27.4 Å². The molecule has 2 bridgehead atoms. The lowest BCUT2D eigenvalue weighted by atomic mass is 9.79. The van der Waals surface area contributed by atoms with Crippen LogP contribution in [0.4, 0.5) is 0 Å². The molecule has 22 heavy (non-hydrogen) atoms. The molecule has 124 valence electrons. The lowest BCUT2D eigenvalue weighted by Crippen LogP contribution is -2.48. The Hall–Kier alpha value is -0.620. The van der Waals surface area contributed by atoms with E-state index < -0.39 is 0 Å². The molecule has 0 aliphatic carbocycles. The van der Waals surface area contributed by atoms with Crippen LogP contribution in [0.2, 0.25) is 0 Å². The maximum Gasteiger partial charge on any atom is 0.0930 e. The van der Waals surface area contributed by atoms with E-state index in [1.54, 1.807) is 20.4 Å². The number of hydrogen-bond acceptors (Lipinski definition) is 4. The summed E-state index contributed by atoms with van der Waals surface area (Å²) in [5.74, 6) is 0.409. The summed E-state index contributed by atoms with van der Waals surface area (Å²) in [4.78, 5) is 1.90. The maximum absolute atomic E-state index is 6.46. The molecule has 2 heterocycles. The van der Waals surface area contributed by atoms with Crippen LogP contribution in [0.25, 0.3) is 0 Å². The first kappa shape index (κ1) is 17.7. The number of hydrogen-bond donors (Lipinski definition) is 1. The Kier molecular flexibility index (Phi) is 6.26. The van der Waals surface area contributed by atoms with Gasteiger partial charge in [0.05, 0.1) is 24.4 Å². The van der Waals surface area contributed by atoms with Crippen LogP contribution >= 0.6 is 15.9 Å². The van der Waals surface area contributed by atoms with Crippen LogP contribution in [0, 0.1) is 5.92 Å². The van der Waals surface area contributed by atoms with Gasteiger partial charge in [0.2, 0.25) is 0 Å². The number of rotatable bonds is 7. The fraction of sp³-hybridized carbons (Fsp3) is 0.647. The first-order chi connectivity index (χ1) is 10.6. The second-order valence-electron chi connectivity index (χ2n) is 6.28. The minimum absolute atomic E-state index is 0.193. The van der Waals surface area contributed by atoms with Crippen molar-refractivity contribution in [3.63, 3.8) is 0 Å². The van der Waals surface area contributed by atoms with Crippen LogP contribution in [0.1, 0.15) is 25.7 Å². The Morgan fingerprint density at radius 2 is 1.82 bits per heavy atom. The first-order valence-electron chi connectivity index (χ1n) is 7.66. The van der Waals surface area contributed by atoms with Crippen molar-refractivity contribution >= 4 is 15.9 Å². The van der Waals surface area contributed by atoms with Crippen LogP contribution in [0.5, 0.6) is 0 Å². The topological polar surface area (TPSA) is 53.7 Å². The number of ether oxygens (including phenoxy) is 3. The third-order valence-electron chi connectivity index (χ3n) is 4.65. The number of allylic oxidation sites excluding steroid dienone is 4. The number of halogens is 1. The summed E-state index contributed by atoms with van der Waals surface area (Å²) in [7, 11) is 3.48. The molecule has 3 atom stereocenters. The van der Waals surface area contributed by atoms with Gasteiger partial charge in [-0.3, -0.25) is 0 Å². The van der Waals surface area contributed by atoms with Crippen molar-refractivity contribution in [1.29, 1.82) is 0 Å². The van der Waals surface area contributed by atoms with Gasteiger partial charge in [-0.05, 0) is 54.4 Å². The third-order valence-corrected chi connectivity index (χ3v) is 4.91. The average molecular weight is 372 g/mol. The van der Waals surface area contributed by atoms with Gasteiger partial charge in [0.15, 0.2) is 0 Å². The van der Waals surface area contributed by atoms with Crippen LogP contribution in [0.15, 0.2) is 35.0 Å². The lowest BCUT2D eigenvalue weighted by molar-refractivity contribution is -0.188. The predicted octanol–water partition coefficient (Wildman–Crippen LogP) is 3.28. The SMILES string of the molecule is COC[C@@]12CC[C@@](COC)(CC(C(=C/C=C/N)/C=C/Br)C1)O2. The van der Waals surface area contributed by atoms with E-state index in [9.17, 15) is 0 Å². The second-order valence-corrected chi connectivity index (χ2v) is 6.81. The standard InChI is InChI=1S/C17H26BrNO3/c1-20-12-16-6-7-17(22-16,13-21-2)11-15(10-16)14(5-8-18)4-3-9-19/h3-5,8-9,15H,6-7,10-13,19H2,1-2H3/b8-5+,9-3+,14-4+/t15?,16-,17+. The van der Waals surface area contributed by atoms with Crippen LogP contribution in [-0.4, -0.2) is 38.6 Å².